The molecule has 7 nitrogen and oxygen atoms in total. The summed E-state index contributed by atoms with van der Waals surface area (Å²) in [4.78, 5) is 21.6. The molecule has 1 aromatic carbocycles. The summed E-state index contributed by atoms with van der Waals surface area (Å²) >= 11 is 0. The van der Waals surface area contributed by atoms with Gasteiger partial charge in [0.05, 0.1) is 0 Å². The quantitative estimate of drug-likeness (QED) is 0.308. The normalized spacial score (nSPS) is 14.7. The van der Waals surface area contributed by atoms with Crippen molar-refractivity contribution in [1.82, 2.24) is 25.2 Å². The summed E-state index contributed by atoms with van der Waals surface area (Å²) in [6, 6.07) is 8.25. The summed E-state index contributed by atoms with van der Waals surface area (Å²) in [5.41, 5.74) is 3.85. The van der Waals surface area contributed by atoms with Crippen molar-refractivity contribution >= 4 is 46.8 Å². The van der Waals surface area contributed by atoms with Gasteiger partial charge in [0.15, 0.2) is 5.96 Å². The standard InChI is InChI=1S/C22H29N7.HI/c1-3-23-21(28-12-14-29(15-13-28)22-24-9-5-10-25-22)26-11-8-18-16-27-19-7-4-6-17(2)20(18)19;/h4-7,9-10,16,27H,3,8,11-15H2,1-2H3,(H,23,26);1H. The molecule has 1 saturated heterocycles. The maximum Gasteiger partial charge on any atom is 0.225 e. The molecular weight excluding hydrogens is 489 g/mol. The van der Waals surface area contributed by atoms with Crippen LogP contribution in [0.1, 0.15) is 18.1 Å². The van der Waals surface area contributed by atoms with E-state index in [1.165, 1.54) is 22.0 Å². The Morgan fingerprint density at radius 2 is 1.90 bits per heavy atom. The van der Waals surface area contributed by atoms with E-state index in [4.69, 9.17) is 4.99 Å². The van der Waals surface area contributed by atoms with Gasteiger partial charge in [-0.1, -0.05) is 12.1 Å². The number of aromatic amines is 1. The van der Waals surface area contributed by atoms with Gasteiger partial charge in [0.25, 0.3) is 0 Å². The van der Waals surface area contributed by atoms with Gasteiger partial charge in [-0.2, -0.15) is 0 Å². The van der Waals surface area contributed by atoms with Gasteiger partial charge in [-0.05, 0) is 43.5 Å². The zero-order valence-corrected chi connectivity index (χ0v) is 20.0. The number of rotatable bonds is 5. The molecule has 0 atom stereocenters. The molecule has 0 spiro atoms. The third-order valence-electron chi connectivity index (χ3n) is 5.39. The average molecular weight is 519 g/mol. The second-order valence-electron chi connectivity index (χ2n) is 7.32. The van der Waals surface area contributed by atoms with Gasteiger partial charge in [-0.3, -0.25) is 4.99 Å². The van der Waals surface area contributed by atoms with Gasteiger partial charge >= 0.3 is 0 Å². The monoisotopic (exact) mass is 519 g/mol. The van der Waals surface area contributed by atoms with Crippen molar-refractivity contribution < 1.29 is 0 Å². The minimum Gasteiger partial charge on any atom is -0.361 e. The number of nitrogens with one attached hydrogen (secondary N) is 2. The smallest absolute Gasteiger partial charge is 0.225 e. The molecule has 0 radical (unpaired) electrons. The summed E-state index contributed by atoms with van der Waals surface area (Å²) in [5, 5.41) is 4.79. The van der Waals surface area contributed by atoms with Crippen LogP contribution in [0.4, 0.5) is 5.95 Å². The van der Waals surface area contributed by atoms with Crippen LogP contribution in [0, 0.1) is 6.92 Å². The first-order chi connectivity index (χ1) is 14.3. The van der Waals surface area contributed by atoms with Crippen molar-refractivity contribution in [2.45, 2.75) is 20.3 Å². The van der Waals surface area contributed by atoms with E-state index in [1.54, 1.807) is 12.4 Å². The second kappa shape index (κ2) is 10.6. The van der Waals surface area contributed by atoms with Crippen LogP contribution in [-0.2, 0) is 6.42 Å². The lowest BCUT2D eigenvalue weighted by Gasteiger charge is -2.36. The topological polar surface area (TPSA) is 72.4 Å². The van der Waals surface area contributed by atoms with Gasteiger partial charge in [0.2, 0.25) is 5.95 Å². The molecule has 1 aliphatic heterocycles. The van der Waals surface area contributed by atoms with Crippen molar-refractivity contribution in [2.24, 2.45) is 4.99 Å². The van der Waals surface area contributed by atoms with Crippen LogP contribution in [0.3, 0.4) is 0 Å². The number of halogens is 1. The molecule has 4 rings (SSSR count). The third kappa shape index (κ3) is 5.03. The molecule has 1 fully saturated rings. The van der Waals surface area contributed by atoms with Crippen molar-refractivity contribution in [1.29, 1.82) is 0 Å². The van der Waals surface area contributed by atoms with E-state index in [2.05, 4.69) is 68.3 Å². The fourth-order valence-electron chi connectivity index (χ4n) is 3.93. The van der Waals surface area contributed by atoms with Crippen molar-refractivity contribution in [3.05, 3.63) is 54.0 Å². The number of guanidine groups is 1. The maximum absolute atomic E-state index is 4.91. The molecular formula is C22H30IN7. The Kier molecular flexibility index (Phi) is 7.89. The van der Waals surface area contributed by atoms with Crippen LogP contribution in [-0.4, -0.2) is 65.1 Å². The number of H-pyrrole nitrogens is 1. The van der Waals surface area contributed by atoms with E-state index in [0.29, 0.717) is 0 Å². The highest BCUT2D eigenvalue weighted by Gasteiger charge is 2.21. The Morgan fingerprint density at radius 3 is 2.63 bits per heavy atom. The number of hydrogen-bond acceptors (Lipinski definition) is 4. The number of aryl methyl sites for hydroxylation is 1. The lowest BCUT2D eigenvalue weighted by molar-refractivity contribution is 0.370. The van der Waals surface area contributed by atoms with Crippen molar-refractivity contribution in [2.75, 3.05) is 44.2 Å². The largest absolute Gasteiger partial charge is 0.361 e. The van der Waals surface area contributed by atoms with E-state index < -0.39 is 0 Å². The first kappa shape index (κ1) is 22.3. The van der Waals surface area contributed by atoms with Crippen LogP contribution >= 0.6 is 24.0 Å². The molecule has 3 aromatic rings. The van der Waals surface area contributed by atoms with E-state index in [9.17, 15) is 0 Å². The minimum absolute atomic E-state index is 0. The molecule has 8 heteroatoms. The van der Waals surface area contributed by atoms with Crippen LogP contribution in [0.25, 0.3) is 10.9 Å². The van der Waals surface area contributed by atoms with Gasteiger partial charge in [0.1, 0.15) is 0 Å². The number of benzene rings is 1. The highest BCUT2D eigenvalue weighted by molar-refractivity contribution is 14.0. The molecule has 160 valence electrons. The molecule has 0 bridgehead atoms. The molecule has 0 saturated carbocycles. The van der Waals surface area contributed by atoms with E-state index in [-0.39, 0.29) is 24.0 Å². The summed E-state index contributed by atoms with van der Waals surface area (Å²) in [6.07, 6.45) is 6.65. The molecule has 3 heterocycles. The SMILES string of the molecule is CCNC(=NCCc1c[nH]c2cccc(C)c12)N1CCN(c2ncccn2)CC1.I. The molecule has 0 unspecified atom stereocenters. The lowest BCUT2D eigenvalue weighted by atomic mass is 10.1. The molecule has 30 heavy (non-hydrogen) atoms. The first-order valence-electron chi connectivity index (χ1n) is 10.4. The lowest BCUT2D eigenvalue weighted by Crippen LogP contribution is -2.53. The first-order valence-corrected chi connectivity index (χ1v) is 10.4. The van der Waals surface area contributed by atoms with E-state index >= 15 is 0 Å². The van der Waals surface area contributed by atoms with Crippen LogP contribution in [0.2, 0.25) is 0 Å². The molecule has 2 N–H and O–H groups in total. The molecule has 1 aliphatic rings. The van der Waals surface area contributed by atoms with Crippen molar-refractivity contribution in [3.63, 3.8) is 0 Å². The summed E-state index contributed by atoms with van der Waals surface area (Å²) in [7, 11) is 0. The fourth-order valence-corrected chi connectivity index (χ4v) is 3.93. The number of piperazine rings is 1. The minimum atomic E-state index is 0. The predicted octanol–water partition coefficient (Wildman–Crippen LogP) is 3.21. The molecule has 2 aromatic heterocycles. The van der Waals surface area contributed by atoms with E-state index in [1.807, 2.05) is 6.07 Å². The zero-order chi connectivity index (χ0) is 20.1. The number of fused-ring (bicyclic) bond motifs is 1. The zero-order valence-electron chi connectivity index (χ0n) is 17.6. The summed E-state index contributed by atoms with van der Waals surface area (Å²) in [5.74, 6) is 1.81. The number of aliphatic imine (C=N–C) groups is 1. The van der Waals surface area contributed by atoms with Gasteiger partial charge in [-0.15, -0.1) is 24.0 Å². The van der Waals surface area contributed by atoms with Crippen LogP contribution in [0.15, 0.2) is 47.8 Å². The number of anilines is 1. The highest BCUT2D eigenvalue weighted by atomic mass is 127. The number of aromatic nitrogens is 3. The fraction of sp³-hybridized carbons (Fsp3) is 0.409. The van der Waals surface area contributed by atoms with Crippen LogP contribution in [0.5, 0.6) is 0 Å². The molecule has 0 aliphatic carbocycles. The van der Waals surface area contributed by atoms with Crippen molar-refractivity contribution in [3.8, 4) is 0 Å². The Labute approximate surface area is 195 Å². The Bertz CT molecular complexity index is 962. The van der Waals surface area contributed by atoms with Gasteiger partial charge in [-0.25, -0.2) is 9.97 Å². The Balaban J connectivity index is 0.00000256. The Morgan fingerprint density at radius 1 is 1.13 bits per heavy atom. The van der Waals surface area contributed by atoms with Gasteiger partial charge < -0.3 is 20.1 Å². The average Bonchev–Trinajstić information content (AvgIpc) is 3.18. The molecule has 0 amide bonds. The second-order valence-corrected chi connectivity index (χ2v) is 7.32. The predicted molar refractivity (Wildman–Crippen MR) is 134 cm³/mol. The third-order valence-corrected chi connectivity index (χ3v) is 5.39. The highest BCUT2D eigenvalue weighted by Crippen LogP contribution is 2.22. The number of hydrogen-bond donors (Lipinski definition) is 2. The van der Waals surface area contributed by atoms with Gasteiger partial charge in [0, 0.05) is 68.8 Å². The summed E-state index contributed by atoms with van der Waals surface area (Å²) < 4.78 is 0. The van der Waals surface area contributed by atoms with E-state index in [0.717, 1.165) is 57.6 Å². The van der Waals surface area contributed by atoms with Crippen LogP contribution < -0.4 is 10.2 Å². The Hall–Kier alpha value is -2.36. The number of nitrogens with zero attached hydrogens (tertiary/aromatic N) is 5. The maximum atomic E-state index is 4.91. The summed E-state index contributed by atoms with van der Waals surface area (Å²) in [6.45, 7) is 9.55.